The molecule has 0 atom stereocenters. The Labute approximate surface area is 130 Å². The first kappa shape index (κ1) is 17.7. The van der Waals surface area contributed by atoms with E-state index < -0.39 is 0 Å². The van der Waals surface area contributed by atoms with Gasteiger partial charge < -0.3 is 15.8 Å². The topological polar surface area (TPSA) is 64.3 Å². The van der Waals surface area contributed by atoms with E-state index in [1.54, 1.807) is 12.1 Å². The van der Waals surface area contributed by atoms with E-state index in [2.05, 4.69) is 5.32 Å². The first-order valence-corrected chi connectivity index (χ1v) is 7.03. The average molecular weight is 317 g/mol. The molecule has 0 saturated heterocycles. The third-order valence-corrected chi connectivity index (χ3v) is 3.77. The molecule has 118 valence electrons. The molecule has 0 spiro atoms. The molecule has 1 aromatic rings. The van der Waals surface area contributed by atoms with E-state index in [1.807, 2.05) is 0 Å². The summed E-state index contributed by atoms with van der Waals surface area (Å²) in [5.74, 6) is 0.217. The molecule has 1 aliphatic rings. The number of hydrogen-bond donors (Lipinski definition) is 2. The Morgan fingerprint density at radius 1 is 1.29 bits per heavy atom. The van der Waals surface area contributed by atoms with E-state index in [9.17, 15) is 9.18 Å². The van der Waals surface area contributed by atoms with Crippen LogP contribution in [0.15, 0.2) is 24.3 Å². The largest absolute Gasteiger partial charge is 0.493 e. The van der Waals surface area contributed by atoms with Crippen molar-refractivity contribution in [3.63, 3.8) is 0 Å². The number of carbonyl (C=O) groups is 1. The molecule has 3 N–H and O–H groups in total. The summed E-state index contributed by atoms with van der Waals surface area (Å²) < 4.78 is 18.1. The fourth-order valence-corrected chi connectivity index (χ4v) is 2.58. The van der Waals surface area contributed by atoms with E-state index >= 15 is 0 Å². The van der Waals surface area contributed by atoms with Crippen LogP contribution < -0.4 is 15.8 Å². The number of benzene rings is 1. The molecule has 4 nitrogen and oxygen atoms in total. The Balaban J connectivity index is 0.00000220. The van der Waals surface area contributed by atoms with Crippen LogP contribution in [0.2, 0.25) is 0 Å². The van der Waals surface area contributed by atoms with Crippen molar-refractivity contribution in [2.45, 2.75) is 37.6 Å². The molecule has 6 heteroatoms. The van der Waals surface area contributed by atoms with Gasteiger partial charge in [0.2, 0.25) is 5.91 Å². The quantitative estimate of drug-likeness (QED) is 0.847. The fourth-order valence-electron chi connectivity index (χ4n) is 2.58. The number of amides is 1. The second-order valence-corrected chi connectivity index (χ2v) is 5.29. The first-order chi connectivity index (χ1) is 9.63. The summed E-state index contributed by atoms with van der Waals surface area (Å²) in [7, 11) is 0. The van der Waals surface area contributed by atoms with Crippen molar-refractivity contribution in [2.24, 2.45) is 5.73 Å². The van der Waals surface area contributed by atoms with Gasteiger partial charge in [0.1, 0.15) is 11.6 Å². The first-order valence-electron chi connectivity index (χ1n) is 7.03. The van der Waals surface area contributed by atoms with Gasteiger partial charge in [-0.1, -0.05) is 12.8 Å². The van der Waals surface area contributed by atoms with Gasteiger partial charge in [0.05, 0.1) is 18.6 Å². The zero-order valence-electron chi connectivity index (χ0n) is 11.9. The minimum absolute atomic E-state index is 0. The number of halogens is 2. The molecule has 1 saturated carbocycles. The van der Waals surface area contributed by atoms with Gasteiger partial charge in [-0.25, -0.2) is 4.39 Å². The number of carbonyl (C=O) groups excluding carboxylic acids is 1. The van der Waals surface area contributed by atoms with Crippen LogP contribution in [0.3, 0.4) is 0 Å². The minimum Gasteiger partial charge on any atom is -0.493 e. The van der Waals surface area contributed by atoms with Crippen molar-refractivity contribution in [3.8, 4) is 5.75 Å². The molecule has 21 heavy (non-hydrogen) atoms. The van der Waals surface area contributed by atoms with Crippen LogP contribution in [-0.2, 0) is 4.79 Å². The van der Waals surface area contributed by atoms with Crippen molar-refractivity contribution in [1.29, 1.82) is 0 Å². The maximum absolute atomic E-state index is 12.7. The molecule has 0 unspecified atom stereocenters. The smallest absolute Gasteiger partial charge is 0.223 e. The molecule has 2 rings (SSSR count). The van der Waals surface area contributed by atoms with Crippen molar-refractivity contribution >= 4 is 18.3 Å². The SMILES string of the molecule is Cl.NCC1(NC(=O)CCOc2ccc(F)cc2)CCCC1. The zero-order valence-corrected chi connectivity index (χ0v) is 12.8. The highest BCUT2D eigenvalue weighted by atomic mass is 35.5. The average Bonchev–Trinajstić information content (AvgIpc) is 2.90. The predicted molar refractivity (Wildman–Crippen MR) is 82.2 cm³/mol. The number of nitrogens with two attached hydrogens (primary N) is 1. The van der Waals surface area contributed by atoms with Crippen LogP contribution in [0.5, 0.6) is 5.75 Å². The van der Waals surface area contributed by atoms with Gasteiger partial charge in [-0.05, 0) is 37.1 Å². The third kappa shape index (κ3) is 5.17. The highest BCUT2D eigenvalue weighted by Gasteiger charge is 2.33. The lowest BCUT2D eigenvalue weighted by Crippen LogP contribution is -2.51. The highest BCUT2D eigenvalue weighted by molar-refractivity contribution is 5.85. The monoisotopic (exact) mass is 316 g/mol. The van der Waals surface area contributed by atoms with Crippen molar-refractivity contribution in [3.05, 3.63) is 30.1 Å². The van der Waals surface area contributed by atoms with Gasteiger partial charge in [-0.3, -0.25) is 4.79 Å². The molecular formula is C15H22ClFN2O2. The lowest BCUT2D eigenvalue weighted by Gasteiger charge is -2.28. The molecule has 0 bridgehead atoms. The Morgan fingerprint density at radius 2 is 1.90 bits per heavy atom. The normalized spacial score (nSPS) is 16.1. The second-order valence-electron chi connectivity index (χ2n) is 5.29. The van der Waals surface area contributed by atoms with Crippen molar-refractivity contribution < 1.29 is 13.9 Å². The Kier molecular flexibility index (Phi) is 6.92. The lowest BCUT2D eigenvalue weighted by molar-refractivity contribution is -0.123. The van der Waals surface area contributed by atoms with Crippen molar-refractivity contribution in [2.75, 3.05) is 13.2 Å². The summed E-state index contributed by atoms with van der Waals surface area (Å²) in [6, 6.07) is 5.76. The predicted octanol–water partition coefficient (Wildman–Crippen LogP) is 2.40. The summed E-state index contributed by atoms with van der Waals surface area (Å²) in [4.78, 5) is 11.9. The molecule has 1 aliphatic carbocycles. The zero-order chi connectivity index (χ0) is 14.4. The maximum atomic E-state index is 12.7. The van der Waals surface area contributed by atoms with Gasteiger partial charge in [0.15, 0.2) is 0 Å². The Morgan fingerprint density at radius 3 is 2.48 bits per heavy atom. The second kappa shape index (κ2) is 8.20. The van der Waals surface area contributed by atoms with Crippen LogP contribution in [0.4, 0.5) is 4.39 Å². The van der Waals surface area contributed by atoms with Gasteiger partial charge in [0.25, 0.3) is 0 Å². The molecule has 0 aliphatic heterocycles. The molecule has 0 radical (unpaired) electrons. The molecule has 0 heterocycles. The summed E-state index contributed by atoms with van der Waals surface area (Å²) in [5, 5.41) is 3.03. The number of rotatable bonds is 6. The van der Waals surface area contributed by atoms with Crippen LogP contribution in [0, 0.1) is 5.82 Å². The van der Waals surface area contributed by atoms with E-state index in [-0.39, 0.29) is 42.7 Å². The summed E-state index contributed by atoms with van der Waals surface area (Å²) in [6.45, 7) is 0.760. The summed E-state index contributed by atoms with van der Waals surface area (Å²) in [5.41, 5.74) is 5.55. The molecule has 0 aromatic heterocycles. The van der Waals surface area contributed by atoms with Gasteiger partial charge in [0, 0.05) is 6.54 Å². The van der Waals surface area contributed by atoms with Crippen LogP contribution in [0.25, 0.3) is 0 Å². The van der Waals surface area contributed by atoms with E-state index in [0.29, 0.717) is 12.3 Å². The van der Waals surface area contributed by atoms with Crippen LogP contribution in [0.1, 0.15) is 32.1 Å². The number of hydrogen-bond acceptors (Lipinski definition) is 3. The van der Waals surface area contributed by atoms with Crippen LogP contribution in [-0.4, -0.2) is 24.6 Å². The van der Waals surface area contributed by atoms with E-state index in [1.165, 1.54) is 12.1 Å². The highest BCUT2D eigenvalue weighted by Crippen LogP contribution is 2.28. The Hall–Kier alpha value is -1.33. The summed E-state index contributed by atoms with van der Waals surface area (Å²) in [6.07, 6.45) is 4.41. The molecule has 1 fully saturated rings. The van der Waals surface area contributed by atoms with E-state index in [0.717, 1.165) is 25.7 Å². The summed E-state index contributed by atoms with van der Waals surface area (Å²) >= 11 is 0. The number of nitrogens with one attached hydrogen (secondary N) is 1. The van der Waals surface area contributed by atoms with Gasteiger partial charge in [-0.2, -0.15) is 0 Å². The van der Waals surface area contributed by atoms with E-state index in [4.69, 9.17) is 10.5 Å². The van der Waals surface area contributed by atoms with Crippen molar-refractivity contribution in [1.82, 2.24) is 5.32 Å². The van der Waals surface area contributed by atoms with Gasteiger partial charge in [-0.15, -0.1) is 12.4 Å². The van der Waals surface area contributed by atoms with Gasteiger partial charge >= 0.3 is 0 Å². The maximum Gasteiger partial charge on any atom is 0.223 e. The standard InChI is InChI=1S/C15H21FN2O2.ClH/c16-12-3-5-13(6-4-12)20-10-7-14(19)18-15(11-17)8-1-2-9-15;/h3-6H,1-2,7-11,17H2,(H,18,19);1H. The third-order valence-electron chi connectivity index (χ3n) is 3.77. The number of ether oxygens (including phenoxy) is 1. The lowest BCUT2D eigenvalue weighted by atomic mass is 9.98. The molecule has 1 amide bonds. The van der Waals surface area contributed by atoms with Crippen LogP contribution >= 0.6 is 12.4 Å². The minimum atomic E-state index is -0.304. The fraction of sp³-hybridized carbons (Fsp3) is 0.533. The molecular weight excluding hydrogens is 295 g/mol. The Bertz CT molecular complexity index is 447. The molecule has 1 aromatic carbocycles.